The van der Waals surface area contributed by atoms with Crippen molar-refractivity contribution in [3.05, 3.63) is 59.9 Å². The third-order valence-corrected chi connectivity index (χ3v) is 4.07. The summed E-state index contributed by atoms with van der Waals surface area (Å²) in [6.45, 7) is 4.36. The SMILES string of the molecule is CCn1c(CN)[n+](Cc2ccccc2)c2ccc(OC)cc21. The number of ether oxygens (including phenoxy) is 1. The molecular formula is C18H22N3O+. The average molecular weight is 296 g/mol. The zero-order chi connectivity index (χ0) is 15.5. The number of rotatable bonds is 5. The first-order chi connectivity index (χ1) is 10.8. The molecule has 4 heteroatoms. The van der Waals surface area contributed by atoms with Crippen LogP contribution in [0.5, 0.6) is 5.75 Å². The highest BCUT2D eigenvalue weighted by molar-refractivity contribution is 5.74. The van der Waals surface area contributed by atoms with E-state index in [-0.39, 0.29) is 0 Å². The number of methoxy groups -OCH3 is 1. The fraction of sp³-hybridized carbons (Fsp3) is 0.278. The van der Waals surface area contributed by atoms with Gasteiger partial charge in [0.1, 0.15) is 12.3 Å². The van der Waals surface area contributed by atoms with E-state index in [1.165, 1.54) is 16.6 Å². The second-order valence-electron chi connectivity index (χ2n) is 5.29. The van der Waals surface area contributed by atoms with Crippen LogP contribution in [-0.2, 0) is 19.6 Å². The van der Waals surface area contributed by atoms with Crippen molar-refractivity contribution in [3.8, 4) is 5.75 Å². The van der Waals surface area contributed by atoms with Crippen molar-refractivity contribution in [2.24, 2.45) is 5.73 Å². The number of imidazole rings is 1. The van der Waals surface area contributed by atoms with Crippen molar-refractivity contribution < 1.29 is 9.30 Å². The van der Waals surface area contributed by atoms with Crippen LogP contribution in [0, 0.1) is 0 Å². The molecule has 2 N–H and O–H groups in total. The zero-order valence-corrected chi connectivity index (χ0v) is 13.1. The molecule has 1 aromatic heterocycles. The number of aryl methyl sites for hydroxylation is 1. The van der Waals surface area contributed by atoms with Crippen molar-refractivity contribution in [1.82, 2.24) is 4.57 Å². The predicted octanol–water partition coefficient (Wildman–Crippen LogP) is 2.46. The summed E-state index contributed by atoms with van der Waals surface area (Å²) in [5.41, 5.74) is 9.67. The normalized spacial score (nSPS) is 11.0. The third kappa shape index (κ3) is 2.46. The van der Waals surface area contributed by atoms with Gasteiger partial charge in [0.05, 0.1) is 20.2 Å². The molecular weight excluding hydrogens is 274 g/mol. The van der Waals surface area contributed by atoms with E-state index >= 15 is 0 Å². The Morgan fingerprint density at radius 2 is 1.91 bits per heavy atom. The summed E-state index contributed by atoms with van der Waals surface area (Å²) in [6, 6.07) is 16.7. The molecule has 3 rings (SSSR count). The van der Waals surface area contributed by atoms with Crippen LogP contribution in [-0.4, -0.2) is 11.7 Å². The van der Waals surface area contributed by atoms with E-state index in [0.717, 1.165) is 24.7 Å². The standard InChI is InChI=1S/C18H22N3O/c1-3-20-17-11-15(22-2)9-10-16(17)21(18(20)12-19)13-14-7-5-4-6-8-14/h4-11H,3,12-13,19H2,1-2H3/q+1. The first-order valence-corrected chi connectivity index (χ1v) is 7.61. The van der Waals surface area contributed by atoms with E-state index in [2.05, 4.69) is 52.5 Å². The molecule has 0 radical (unpaired) electrons. The molecule has 1 heterocycles. The zero-order valence-electron chi connectivity index (χ0n) is 13.1. The van der Waals surface area contributed by atoms with Gasteiger partial charge < -0.3 is 10.5 Å². The van der Waals surface area contributed by atoms with Crippen LogP contribution in [0.15, 0.2) is 48.5 Å². The summed E-state index contributed by atoms with van der Waals surface area (Å²) in [5, 5.41) is 0. The number of aromatic nitrogens is 2. The monoisotopic (exact) mass is 296 g/mol. The first-order valence-electron chi connectivity index (χ1n) is 7.61. The molecule has 2 aromatic carbocycles. The summed E-state index contributed by atoms with van der Waals surface area (Å²) in [7, 11) is 1.70. The number of fused-ring (bicyclic) bond motifs is 1. The van der Waals surface area contributed by atoms with Gasteiger partial charge in [-0.3, -0.25) is 0 Å². The number of benzene rings is 2. The summed E-state index contributed by atoms with van der Waals surface area (Å²) >= 11 is 0. The lowest BCUT2D eigenvalue weighted by molar-refractivity contribution is -0.671. The van der Waals surface area contributed by atoms with Gasteiger partial charge in [0.2, 0.25) is 0 Å². The van der Waals surface area contributed by atoms with E-state index < -0.39 is 0 Å². The lowest BCUT2D eigenvalue weighted by Gasteiger charge is -2.03. The molecule has 3 aromatic rings. The molecule has 4 nitrogen and oxygen atoms in total. The summed E-state index contributed by atoms with van der Waals surface area (Å²) in [4.78, 5) is 0. The minimum absolute atomic E-state index is 0.512. The molecule has 0 atom stereocenters. The van der Waals surface area contributed by atoms with Crippen LogP contribution in [0.2, 0.25) is 0 Å². The summed E-state index contributed by atoms with van der Waals surface area (Å²) in [6.07, 6.45) is 0. The highest BCUT2D eigenvalue weighted by Gasteiger charge is 2.23. The largest absolute Gasteiger partial charge is 0.497 e. The number of nitrogens with two attached hydrogens (primary N) is 1. The van der Waals surface area contributed by atoms with E-state index in [9.17, 15) is 0 Å². The van der Waals surface area contributed by atoms with E-state index in [1.54, 1.807) is 7.11 Å². The lowest BCUT2D eigenvalue weighted by atomic mass is 10.2. The minimum Gasteiger partial charge on any atom is -0.497 e. The Balaban J connectivity index is 2.19. The molecule has 0 amide bonds. The van der Waals surface area contributed by atoms with Crippen LogP contribution in [0.3, 0.4) is 0 Å². The quantitative estimate of drug-likeness (QED) is 0.735. The van der Waals surface area contributed by atoms with Crippen molar-refractivity contribution in [3.63, 3.8) is 0 Å². The fourth-order valence-corrected chi connectivity index (χ4v) is 3.01. The molecule has 0 bridgehead atoms. The van der Waals surface area contributed by atoms with Gasteiger partial charge in [-0.05, 0) is 24.6 Å². The van der Waals surface area contributed by atoms with E-state index in [1.807, 2.05) is 12.1 Å². The Morgan fingerprint density at radius 1 is 1.14 bits per heavy atom. The minimum atomic E-state index is 0.512. The van der Waals surface area contributed by atoms with Crippen molar-refractivity contribution in [2.45, 2.75) is 26.6 Å². The highest BCUT2D eigenvalue weighted by atomic mass is 16.5. The molecule has 0 fully saturated rings. The van der Waals surface area contributed by atoms with Gasteiger partial charge in [0.15, 0.2) is 11.0 Å². The Morgan fingerprint density at radius 3 is 2.55 bits per heavy atom. The van der Waals surface area contributed by atoms with Crippen LogP contribution < -0.4 is 15.0 Å². The van der Waals surface area contributed by atoms with Gasteiger partial charge in [-0.1, -0.05) is 30.3 Å². The Bertz CT molecular complexity index is 778. The van der Waals surface area contributed by atoms with Gasteiger partial charge in [0, 0.05) is 6.07 Å². The van der Waals surface area contributed by atoms with Crippen LogP contribution >= 0.6 is 0 Å². The Hall–Kier alpha value is -2.33. The predicted molar refractivity (Wildman–Crippen MR) is 87.8 cm³/mol. The van der Waals surface area contributed by atoms with Crippen LogP contribution in [0.4, 0.5) is 0 Å². The lowest BCUT2D eigenvalue weighted by Crippen LogP contribution is -2.39. The maximum absolute atomic E-state index is 6.04. The Labute approximate surface area is 130 Å². The van der Waals surface area contributed by atoms with Crippen molar-refractivity contribution in [2.75, 3.05) is 7.11 Å². The smallest absolute Gasteiger partial charge is 0.271 e. The molecule has 0 aliphatic rings. The van der Waals surface area contributed by atoms with Crippen LogP contribution in [0.25, 0.3) is 11.0 Å². The van der Waals surface area contributed by atoms with Gasteiger partial charge in [0.25, 0.3) is 5.82 Å². The van der Waals surface area contributed by atoms with Crippen molar-refractivity contribution in [1.29, 1.82) is 0 Å². The second kappa shape index (κ2) is 6.20. The highest BCUT2D eigenvalue weighted by Crippen LogP contribution is 2.21. The van der Waals surface area contributed by atoms with Gasteiger partial charge in [-0.2, -0.15) is 0 Å². The van der Waals surface area contributed by atoms with Crippen molar-refractivity contribution >= 4 is 11.0 Å². The number of hydrogen-bond acceptors (Lipinski definition) is 2. The molecule has 0 saturated carbocycles. The Kier molecular flexibility index (Phi) is 4.11. The fourth-order valence-electron chi connectivity index (χ4n) is 3.01. The molecule has 0 aliphatic carbocycles. The first kappa shape index (κ1) is 14.6. The molecule has 0 unspecified atom stereocenters. The van der Waals surface area contributed by atoms with E-state index in [4.69, 9.17) is 10.5 Å². The number of nitrogens with zero attached hydrogens (tertiary/aromatic N) is 2. The third-order valence-electron chi connectivity index (χ3n) is 4.07. The molecule has 0 aliphatic heterocycles. The van der Waals surface area contributed by atoms with Gasteiger partial charge >= 0.3 is 0 Å². The van der Waals surface area contributed by atoms with Gasteiger partial charge in [-0.15, -0.1) is 0 Å². The van der Waals surface area contributed by atoms with Gasteiger partial charge in [-0.25, -0.2) is 9.13 Å². The summed E-state index contributed by atoms with van der Waals surface area (Å²) in [5.74, 6) is 2.00. The van der Waals surface area contributed by atoms with Crippen LogP contribution in [0.1, 0.15) is 18.3 Å². The average Bonchev–Trinajstić information content (AvgIpc) is 2.87. The second-order valence-corrected chi connectivity index (χ2v) is 5.29. The molecule has 0 spiro atoms. The molecule has 0 saturated heterocycles. The number of hydrogen-bond donors (Lipinski definition) is 1. The maximum Gasteiger partial charge on any atom is 0.271 e. The topological polar surface area (TPSA) is 44.1 Å². The molecule has 22 heavy (non-hydrogen) atoms. The maximum atomic E-state index is 6.04. The van der Waals surface area contributed by atoms with E-state index in [0.29, 0.717) is 6.54 Å². The summed E-state index contributed by atoms with van der Waals surface area (Å²) < 4.78 is 9.93. The molecule has 114 valence electrons.